The molecule has 1 aromatic carbocycles. The summed E-state index contributed by atoms with van der Waals surface area (Å²) in [6, 6.07) is 7.73. The lowest BCUT2D eigenvalue weighted by molar-refractivity contribution is 0.0706. The van der Waals surface area contributed by atoms with Crippen LogP contribution >= 0.6 is 11.3 Å². The highest BCUT2D eigenvalue weighted by Gasteiger charge is 2.27. The van der Waals surface area contributed by atoms with Crippen molar-refractivity contribution in [3.05, 3.63) is 51.5 Å². The van der Waals surface area contributed by atoms with Crippen molar-refractivity contribution in [1.82, 2.24) is 9.88 Å². The second-order valence-corrected chi connectivity index (χ2v) is 6.94. The molecule has 122 valence electrons. The van der Waals surface area contributed by atoms with Crippen molar-refractivity contribution < 1.29 is 9.53 Å². The number of likely N-dealkylation sites (tertiary alicyclic amines) is 1. The van der Waals surface area contributed by atoms with Gasteiger partial charge in [-0.3, -0.25) is 4.79 Å². The topological polar surface area (TPSA) is 42.4 Å². The summed E-state index contributed by atoms with van der Waals surface area (Å²) in [6.07, 6.45) is 2.15. The smallest absolute Gasteiger partial charge is 0.253 e. The van der Waals surface area contributed by atoms with Gasteiger partial charge in [-0.25, -0.2) is 4.98 Å². The third kappa shape index (κ3) is 3.79. The summed E-state index contributed by atoms with van der Waals surface area (Å²) in [4.78, 5) is 19.4. The van der Waals surface area contributed by atoms with E-state index in [2.05, 4.69) is 10.4 Å². The summed E-state index contributed by atoms with van der Waals surface area (Å²) in [5, 5.41) is 3.25. The Hall–Kier alpha value is -1.72. The second-order valence-electron chi connectivity index (χ2n) is 6.05. The third-order valence-electron chi connectivity index (χ3n) is 4.18. The van der Waals surface area contributed by atoms with Gasteiger partial charge in [-0.05, 0) is 37.5 Å². The van der Waals surface area contributed by atoms with Gasteiger partial charge in [0.25, 0.3) is 5.91 Å². The van der Waals surface area contributed by atoms with Crippen LogP contribution < -0.4 is 0 Å². The molecule has 0 radical (unpaired) electrons. The zero-order valence-corrected chi connectivity index (χ0v) is 14.4. The van der Waals surface area contributed by atoms with Crippen molar-refractivity contribution in [2.24, 2.45) is 0 Å². The molecule has 4 nitrogen and oxygen atoms in total. The molecule has 1 saturated heterocycles. The van der Waals surface area contributed by atoms with Crippen molar-refractivity contribution in [3.8, 4) is 0 Å². The number of thiazole rings is 1. The van der Waals surface area contributed by atoms with Gasteiger partial charge in [0.05, 0.1) is 11.6 Å². The van der Waals surface area contributed by atoms with Gasteiger partial charge in [0, 0.05) is 42.8 Å². The monoisotopic (exact) mass is 330 g/mol. The Morgan fingerprint density at radius 2 is 2.35 bits per heavy atom. The predicted octanol–water partition coefficient (Wildman–Crippen LogP) is 3.62. The van der Waals surface area contributed by atoms with Gasteiger partial charge in [-0.15, -0.1) is 11.3 Å². The lowest BCUT2D eigenvalue weighted by Crippen LogP contribution is -2.39. The summed E-state index contributed by atoms with van der Waals surface area (Å²) < 4.78 is 5.15. The minimum atomic E-state index is 0.112. The molecule has 0 aliphatic carbocycles. The van der Waals surface area contributed by atoms with Crippen molar-refractivity contribution in [2.75, 3.05) is 20.2 Å². The minimum absolute atomic E-state index is 0.112. The van der Waals surface area contributed by atoms with Crippen LogP contribution in [0, 0.1) is 6.92 Å². The summed E-state index contributed by atoms with van der Waals surface area (Å²) >= 11 is 1.71. The van der Waals surface area contributed by atoms with Gasteiger partial charge in [0.15, 0.2) is 0 Å². The molecule has 0 bridgehead atoms. The average molecular weight is 330 g/mol. The van der Waals surface area contributed by atoms with Crippen molar-refractivity contribution in [2.45, 2.75) is 32.3 Å². The van der Waals surface area contributed by atoms with E-state index in [1.165, 1.54) is 0 Å². The van der Waals surface area contributed by atoms with E-state index in [4.69, 9.17) is 4.74 Å². The number of nitrogens with zero attached hydrogens (tertiary/aromatic N) is 2. The van der Waals surface area contributed by atoms with Gasteiger partial charge in [-0.1, -0.05) is 12.1 Å². The Labute approximate surface area is 141 Å². The van der Waals surface area contributed by atoms with Crippen LogP contribution in [0.2, 0.25) is 0 Å². The van der Waals surface area contributed by atoms with Crippen molar-refractivity contribution in [3.63, 3.8) is 0 Å². The summed E-state index contributed by atoms with van der Waals surface area (Å²) in [5.74, 6) is 0.481. The number of carbonyl (C=O) groups excluding carboxylic acids is 1. The zero-order chi connectivity index (χ0) is 16.2. The number of carbonyl (C=O) groups is 1. The average Bonchev–Trinajstić information content (AvgIpc) is 3.01. The first-order chi connectivity index (χ1) is 11.2. The largest absolute Gasteiger partial charge is 0.380 e. The number of ether oxygens (including phenoxy) is 1. The fourth-order valence-electron chi connectivity index (χ4n) is 3.07. The molecule has 2 heterocycles. The molecule has 1 aliphatic heterocycles. The first kappa shape index (κ1) is 16.1. The van der Waals surface area contributed by atoms with E-state index in [0.717, 1.165) is 47.8 Å². The molecular formula is C18H22N2O2S. The summed E-state index contributed by atoms with van der Waals surface area (Å²) in [7, 11) is 1.67. The Balaban J connectivity index is 1.73. The molecule has 5 heteroatoms. The number of aryl methyl sites for hydroxylation is 1. The maximum absolute atomic E-state index is 12.8. The summed E-state index contributed by atoms with van der Waals surface area (Å²) in [5.41, 5.74) is 2.85. The molecule has 23 heavy (non-hydrogen) atoms. The predicted molar refractivity (Wildman–Crippen MR) is 91.9 cm³/mol. The van der Waals surface area contributed by atoms with Crippen molar-refractivity contribution >= 4 is 17.2 Å². The van der Waals surface area contributed by atoms with Crippen LogP contribution in [0.3, 0.4) is 0 Å². The number of methoxy groups -OCH3 is 1. The van der Waals surface area contributed by atoms with Crippen LogP contribution in [0.4, 0.5) is 0 Å². The number of rotatable bonds is 4. The summed E-state index contributed by atoms with van der Waals surface area (Å²) in [6.45, 7) is 4.14. The maximum atomic E-state index is 12.8. The Morgan fingerprint density at radius 3 is 3.09 bits per heavy atom. The van der Waals surface area contributed by atoms with E-state index in [-0.39, 0.29) is 5.91 Å². The highest BCUT2D eigenvalue weighted by atomic mass is 32.1. The fourth-order valence-corrected chi connectivity index (χ4v) is 3.99. The standard InChI is InChI=1S/C18H22N2O2S/c1-13-12-23-17(19-13)16-7-4-8-20(10-16)18(21)15-6-3-5-14(9-15)11-22-2/h3,5-6,9,12,16H,4,7-8,10-11H2,1-2H3/t16-/m0/s1. The molecule has 1 fully saturated rings. The molecule has 0 unspecified atom stereocenters. The lowest BCUT2D eigenvalue weighted by atomic mass is 9.97. The quantitative estimate of drug-likeness (QED) is 0.860. The van der Waals surface area contributed by atoms with Crippen LogP contribution in [0.15, 0.2) is 29.6 Å². The number of amides is 1. The Bertz CT molecular complexity index is 683. The fraction of sp³-hybridized carbons (Fsp3) is 0.444. The highest BCUT2D eigenvalue weighted by Crippen LogP contribution is 2.29. The molecule has 1 aliphatic rings. The molecule has 0 N–H and O–H groups in total. The Morgan fingerprint density at radius 1 is 1.48 bits per heavy atom. The van der Waals surface area contributed by atoms with Gasteiger partial charge < -0.3 is 9.64 Å². The SMILES string of the molecule is COCc1cccc(C(=O)N2CCC[C@H](c3nc(C)cs3)C2)c1. The van der Waals surface area contributed by atoms with E-state index in [1.807, 2.05) is 36.1 Å². The third-order valence-corrected chi connectivity index (χ3v) is 5.30. The second kappa shape index (κ2) is 7.23. The molecular weight excluding hydrogens is 308 g/mol. The molecule has 0 saturated carbocycles. The molecule has 3 rings (SSSR count). The normalized spacial score (nSPS) is 18.2. The molecule has 2 aromatic rings. The van der Waals surface area contributed by atoms with Crippen LogP contribution in [0.25, 0.3) is 0 Å². The van der Waals surface area contributed by atoms with E-state index >= 15 is 0 Å². The molecule has 1 amide bonds. The van der Waals surface area contributed by atoms with Crippen LogP contribution in [0.1, 0.15) is 45.4 Å². The zero-order valence-electron chi connectivity index (χ0n) is 13.6. The van der Waals surface area contributed by atoms with E-state index in [9.17, 15) is 4.79 Å². The maximum Gasteiger partial charge on any atom is 0.253 e. The first-order valence-electron chi connectivity index (χ1n) is 7.96. The van der Waals surface area contributed by atoms with E-state index < -0.39 is 0 Å². The van der Waals surface area contributed by atoms with Gasteiger partial charge in [0.1, 0.15) is 0 Å². The molecule has 0 spiro atoms. The van der Waals surface area contributed by atoms with Crippen LogP contribution in [-0.2, 0) is 11.3 Å². The van der Waals surface area contributed by atoms with Crippen LogP contribution in [0.5, 0.6) is 0 Å². The molecule has 1 atom stereocenters. The van der Waals surface area contributed by atoms with Crippen LogP contribution in [-0.4, -0.2) is 36.0 Å². The lowest BCUT2D eigenvalue weighted by Gasteiger charge is -2.32. The van der Waals surface area contributed by atoms with Crippen molar-refractivity contribution in [1.29, 1.82) is 0 Å². The Kier molecular flexibility index (Phi) is 5.08. The number of hydrogen-bond acceptors (Lipinski definition) is 4. The van der Waals surface area contributed by atoms with E-state index in [1.54, 1.807) is 18.4 Å². The van der Waals surface area contributed by atoms with Gasteiger partial charge in [0.2, 0.25) is 0 Å². The van der Waals surface area contributed by atoms with Gasteiger partial charge >= 0.3 is 0 Å². The number of aromatic nitrogens is 1. The number of hydrogen-bond donors (Lipinski definition) is 0. The van der Waals surface area contributed by atoms with Gasteiger partial charge in [-0.2, -0.15) is 0 Å². The van der Waals surface area contributed by atoms with E-state index in [0.29, 0.717) is 12.5 Å². The highest BCUT2D eigenvalue weighted by molar-refractivity contribution is 7.09. The molecule has 1 aromatic heterocycles. The first-order valence-corrected chi connectivity index (χ1v) is 8.84. The number of benzene rings is 1. The number of piperidine rings is 1. The minimum Gasteiger partial charge on any atom is -0.380 e.